The molecule has 454 valence electrons. The summed E-state index contributed by atoms with van der Waals surface area (Å²) in [5, 5.41) is 2.37. The minimum Gasteiger partial charge on any atom is -0.311 e. The molecule has 97 heavy (non-hydrogen) atoms. The molecule has 0 saturated heterocycles. The van der Waals surface area contributed by atoms with Gasteiger partial charge in [-0.25, -0.2) is 19.9 Å². The Labute approximate surface area is 563 Å². The third-order valence-electron chi connectivity index (χ3n) is 20.2. The van der Waals surface area contributed by atoms with Gasteiger partial charge in [-0.05, 0) is 147 Å². The molecular weight excluding hydrogens is 1180 g/mol. The number of nitrogens with zero attached hydrogens (tertiary/aromatic N) is 7. The first-order valence-corrected chi connectivity index (χ1v) is 33.3. The first kappa shape index (κ1) is 56.1. The molecule has 8 heteroatoms. The van der Waals surface area contributed by atoms with Crippen LogP contribution in [0.3, 0.4) is 0 Å². The number of benzene rings is 13. The van der Waals surface area contributed by atoms with E-state index in [-0.39, 0.29) is 12.1 Å². The molecule has 2 aliphatic heterocycles. The first-order valence-electron chi connectivity index (χ1n) is 33.3. The number of para-hydroxylation sites is 4. The van der Waals surface area contributed by atoms with Crippen LogP contribution in [0.2, 0.25) is 0 Å². The fraction of sp³-hybridized carbons (Fsp3) is 0.0337. The summed E-state index contributed by atoms with van der Waals surface area (Å²) >= 11 is 0. The Hall–Kier alpha value is -12.5. The van der Waals surface area contributed by atoms with E-state index in [2.05, 4.69) is 332 Å². The van der Waals surface area contributed by atoms with Crippen molar-refractivity contribution >= 4 is 79.0 Å². The lowest BCUT2D eigenvalue weighted by atomic mass is 9.33. The number of fused-ring (bicyclic) bond motifs is 10. The molecular formula is C89H60BN7. The van der Waals surface area contributed by atoms with Gasteiger partial charge >= 0.3 is 0 Å². The summed E-state index contributed by atoms with van der Waals surface area (Å²) in [4.78, 5) is 26.9. The van der Waals surface area contributed by atoms with Gasteiger partial charge in [-0.1, -0.05) is 244 Å². The smallest absolute Gasteiger partial charge is 0.252 e. The molecule has 0 N–H and O–H groups in total. The quantitative estimate of drug-likeness (QED) is 0.127. The van der Waals surface area contributed by atoms with Gasteiger partial charge in [0.2, 0.25) is 0 Å². The van der Waals surface area contributed by atoms with Crippen molar-refractivity contribution in [2.24, 2.45) is 0 Å². The van der Waals surface area contributed by atoms with E-state index < -0.39 is 0 Å². The van der Waals surface area contributed by atoms with Gasteiger partial charge in [-0.2, -0.15) is 0 Å². The number of rotatable bonds is 10. The van der Waals surface area contributed by atoms with Crippen molar-refractivity contribution in [2.75, 3.05) is 9.80 Å². The van der Waals surface area contributed by atoms with Crippen LogP contribution in [-0.2, 0) is 5.41 Å². The summed E-state index contributed by atoms with van der Waals surface area (Å²) in [7, 11) is 0. The minimum atomic E-state index is -0.223. The summed E-state index contributed by atoms with van der Waals surface area (Å²) in [6.07, 6.45) is 0. The highest BCUT2D eigenvalue weighted by Crippen LogP contribution is 2.52. The molecule has 0 unspecified atom stereocenters. The predicted molar refractivity (Wildman–Crippen MR) is 402 cm³/mol. The van der Waals surface area contributed by atoms with E-state index in [0.717, 1.165) is 101 Å². The maximum absolute atomic E-state index is 5.78. The van der Waals surface area contributed by atoms with Crippen LogP contribution in [0.5, 0.6) is 0 Å². The standard InChI is InChI=1S/C89H60BN7/c1-89(2)71-40-17-15-38-66(71)68-53-69-67-39-16-20-43-79(67)97(85(69)54-72(68)89)80-49-48-62(77-55-75(57-26-7-3-8-27-57)91-87(93-77)59-30-11-5-12-31-59)52-70(80)78-56-76(58-28-9-4-10-29-58)92-88(94-78)63-34-23-32-60(50-63)61-33-24-37-65(51-61)96-82-45-22-19-42-74(82)90-73-41-18-21-44-81(73)95(64-35-13-6-14-36-64)83-46-25-47-84(96)86(83)90/h3-56H,1-2H3. The zero-order valence-corrected chi connectivity index (χ0v) is 53.4. The summed E-state index contributed by atoms with van der Waals surface area (Å²) in [5.41, 5.74) is 30.0. The normalized spacial score (nSPS) is 13.1. The summed E-state index contributed by atoms with van der Waals surface area (Å²) < 4.78 is 2.47. The molecule has 7 nitrogen and oxygen atoms in total. The summed E-state index contributed by atoms with van der Waals surface area (Å²) in [6.45, 7) is 4.77. The van der Waals surface area contributed by atoms with E-state index in [4.69, 9.17) is 19.9 Å². The average molecular weight is 1240 g/mol. The van der Waals surface area contributed by atoms with E-state index in [9.17, 15) is 0 Å². The second-order valence-corrected chi connectivity index (χ2v) is 26.1. The fourth-order valence-electron chi connectivity index (χ4n) is 15.7. The molecule has 13 aromatic carbocycles. The van der Waals surface area contributed by atoms with Crippen LogP contribution in [0.25, 0.3) is 118 Å². The maximum atomic E-state index is 5.78. The second kappa shape index (κ2) is 22.3. The average Bonchev–Trinajstić information content (AvgIpc) is 0.912. The SMILES string of the molecule is CC1(C)c2ccccc2-c2cc3c4ccccc4n(-c4ccc(-c5cc(-c6ccccc6)nc(-c6ccccc6)n5)cc4-c4cc(-c5ccccc5)nc(-c5cccc(-c6cccc(N7c8ccccc8B8c9ccccc9N(c9ccccc9)c9cccc7c98)c6)c5)n4)c3cc21. The molecule has 3 aliphatic rings. The Morgan fingerprint density at radius 2 is 0.773 bits per heavy atom. The Balaban J connectivity index is 0.794. The molecule has 0 atom stereocenters. The molecule has 5 heterocycles. The van der Waals surface area contributed by atoms with Crippen molar-refractivity contribution in [3.05, 3.63) is 339 Å². The minimum absolute atomic E-state index is 0.0468. The Bertz CT molecular complexity index is 5770. The molecule has 0 bridgehead atoms. The van der Waals surface area contributed by atoms with Gasteiger partial charge in [0.1, 0.15) is 0 Å². The van der Waals surface area contributed by atoms with Gasteiger partial charge in [0.15, 0.2) is 11.6 Å². The van der Waals surface area contributed by atoms with E-state index in [1.54, 1.807) is 0 Å². The van der Waals surface area contributed by atoms with E-state index in [0.29, 0.717) is 11.6 Å². The number of aromatic nitrogens is 5. The molecule has 1 aliphatic carbocycles. The zero-order valence-electron chi connectivity index (χ0n) is 53.4. The third kappa shape index (κ3) is 9.12. The monoisotopic (exact) mass is 1240 g/mol. The van der Waals surface area contributed by atoms with Crippen molar-refractivity contribution < 1.29 is 0 Å². The van der Waals surface area contributed by atoms with Crippen LogP contribution < -0.4 is 26.2 Å². The topological polar surface area (TPSA) is 63.0 Å². The third-order valence-corrected chi connectivity index (χ3v) is 20.2. The maximum Gasteiger partial charge on any atom is 0.252 e. The zero-order chi connectivity index (χ0) is 64.3. The Morgan fingerprint density at radius 3 is 1.47 bits per heavy atom. The fourth-order valence-corrected chi connectivity index (χ4v) is 15.7. The molecule has 19 rings (SSSR count). The summed E-state index contributed by atoms with van der Waals surface area (Å²) in [5.74, 6) is 1.26. The molecule has 0 fully saturated rings. The highest BCUT2D eigenvalue weighted by molar-refractivity contribution is 7.00. The van der Waals surface area contributed by atoms with Crippen molar-refractivity contribution in [3.63, 3.8) is 0 Å². The Morgan fingerprint density at radius 1 is 0.278 bits per heavy atom. The van der Waals surface area contributed by atoms with Crippen LogP contribution in [-0.4, -0.2) is 31.2 Å². The van der Waals surface area contributed by atoms with Gasteiger partial charge in [0.25, 0.3) is 6.71 Å². The van der Waals surface area contributed by atoms with Crippen LogP contribution >= 0.6 is 0 Å². The molecule has 0 radical (unpaired) electrons. The van der Waals surface area contributed by atoms with Crippen molar-refractivity contribution in [1.29, 1.82) is 0 Å². The molecule has 0 saturated carbocycles. The highest BCUT2D eigenvalue weighted by Gasteiger charge is 2.43. The number of anilines is 6. The molecule has 3 aromatic heterocycles. The van der Waals surface area contributed by atoms with Crippen LogP contribution in [0.1, 0.15) is 25.0 Å². The van der Waals surface area contributed by atoms with Gasteiger partial charge in [0.05, 0.1) is 39.5 Å². The summed E-state index contributed by atoms with van der Waals surface area (Å²) in [6, 6.07) is 118. The van der Waals surface area contributed by atoms with Crippen LogP contribution in [0, 0.1) is 0 Å². The molecule has 0 spiro atoms. The Kier molecular flexibility index (Phi) is 12.9. The lowest BCUT2D eigenvalue weighted by molar-refractivity contribution is 0.661. The predicted octanol–water partition coefficient (Wildman–Crippen LogP) is 20.4. The van der Waals surface area contributed by atoms with Gasteiger partial charge in [-0.15, -0.1) is 0 Å². The lowest BCUT2D eigenvalue weighted by Gasteiger charge is -2.44. The van der Waals surface area contributed by atoms with Crippen molar-refractivity contribution in [2.45, 2.75) is 19.3 Å². The van der Waals surface area contributed by atoms with Gasteiger partial charge < -0.3 is 14.4 Å². The van der Waals surface area contributed by atoms with Gasteiger partial charge in [0, 0.05) is 83.7 Å². The first-order chi connectivity index (χ1) is 47.9. The van der Waals surface area contributed by atoms with Crippen LogP contribution in [0.4, 0.5) is 34.1 Å². The van der Waals surface area contributed by atoms with Crippen molar-refractivity contribution in [3.8, 4) is 95.7 Å². The second-order valence-electron chi connectivity index (χ2n) is 26.1. The number of hydrogen-bond donors (Lipinski definition) is 0. The number of hydrogen-bond acceptors (Lipinski definition) is 6. The van der Waals surface area contributed by atoms with Crippen LogP contribution in [0.15, 0.2) is 328 Å². The largest absolute Gasteiger partial charge is 0.311 e. The molecule has 16 aromatic rings. The lowest BCUT2D eigenvalue weighted by Crippen LogP contribution is -2.61. The van der Waals surface area contributed by atoms with E-state index >= 15 is 0 Å². The van der Waals surface area contributed by atoms with Gasteiger partial charge in [-0.3, -0.25) is 0 Å². The van der Waals surface area contributed by atoms with E-state index in [1.807, 2.05) is 24.3 Å². The van der Waals surface area contributed by atoms with E-state index in [1.165, 1.54) is 66.5 Å². The highest BCUT2D eigenvalue weighted by atomic mass is 15.2. The van der Waals surface area contributed by atoms with Crippen molar-refractivity contribution in [1.82, 2.24) is 24.5 Å². The molecule has 0 amide bonds.